The summed E-state index contributed by atoms with van der Waals surface area (Å²) in [5.41, 5.74) is 12.8. The molecule has 3 heteroatoms. The van der Waals surface area contributed by atoms with Crippen LogP contribution in [0.5, 0.6) is 0 Å². The molecular formula is C50H32N2S. The summed E-state index contributed by atoms with van der Waals surface area (Å²) in [4.78, 5) is 11.6. The summed E-state index contributed by atoms with van der Waals surface area (Å²) in [6, 6.07) is 57.3. The lowest BCUT2D eigenvalue weighted by Crippen LogP contribution is -2.14. The molecule has 53 heavy (non-hydrogen) atoms. The van der Waals surface area contributed by atoms with Crippen LogP contribution in [0.3, 0.4) is 0 Å². The zero-order valence-corrected chi connectivity index (χ0v) is 29.6. The Morgan fingerprint density at radius 3 is 1.89 bits per heavy atom. The quantitative estimate of drug-likeness (QED) is 0.172. The van der Waals surface area contributed by atoms with E-state index in [2.05, 4.69) is 176 Å². The molecule has 2 unspecified atom stereocenters. The fourth-order valence-corrected chi connectivity index (χ4v) is 9.87. The summed E-state index contributed by atoms with van der Waals surface area (Å²) in [6.45, 7) is 0. The number of rotatable bonds is 4. The summed E-state index contributed by atoms with van der Waals surface area (Å²) in [7, 11) is 0. The van der Waals surface area contributed by atoms with E-state index in [1.165, 1.54) is 59.8 Å². The molecule has 11 rings (SSSR count). The monoisotopic (exact) mass is 692 g/mol. The molecule has 2 aliphatic rings. The van der Waals surface area contributed by atoms with Crippen LogP contribution in [0.25, 0.3) is 82.4 Å². The SMILES string of the molecule is C1=CC(c2ccc(-c3ccc4cc(-c5cccc(-c6cnc7c8ccccc8c8ccccc8c7n6)c5)ccc4c3)cc2)C2Sc3ccccc3C2=C1. The Morgan fingerprint density at radius 2 is 1.11 bits per heavy atom. The van der Waals surface area contributed by atoms with Crippen LogP contribution in [0.2, 0.25) is 0 Å². The smallest absolute Gasteiger partial charge is 0.0979 e. The zero-order chi connectivity index (χ0) is 34.9. The fourth-order valence-electron chi connectivity index (χ4n) is 8.40. The van der Waals surface area contributed by atoms with E-state index in [0.29, 0.717) is 11.2 Å². The number of hydrogen-bond donors (Lipinski definition) is 0. The minimum atomic E-state index is 0.364. The van der Waals surface area contributed by atoms with Crippen LogP contribution in [0, 0.1) is 0 Å². The van der Waals surface area contributed by atoms with Gasteiger partial charge in [-0.15, -0.1) is 11.8 Å². The van der Waals surface area contributed by atoms with E-state index >= 15 is 0 Å². The second-order valence-corrected chi connectivity index (χ2v) is 15.3. The van der Waals surface area contributed by atoms with Gasteiger partial charge in [-0.3, -0.25) is 4.98 Å². The van der Waals surface area contributed by atoms with Gasteiger partial charge in [0.2, 0.25) is 0 Å². The minimum Gasteiger partial charge on any atom is -0.252 e. The van der Waals surface area contributed by atoms with Gasteiger partial charge in [0.15, 0.2) is 0 Å². The highest BCUT2D eigenvalue weighted by Gasteiger charge is 2.34. The number of aromatic nitrogens is 2. The summed E-state index contributed by atoms with van der Waals surface area (Å²) < 4.78 is 0. The van der Waals surface area contributed by atoms with Crippen LogP contribution in [-0.2, 0) is 0 Å². The first-order valence-corrected chi connectivity index (χ1v) is 19.1. The third-order valence-electron chi connectivity index (χ3n) is 11.1. The van der Waals surface area contributed by atoms with E-state index in [9.17, 15) is 0 Å². The Morgan fingerprint density at radius 1 is 0.491 bits per heavy atom. The lowest BCUT2D eigenvalue weighted by Gasteiger charge is -2.24. The van der Waals surface area contributed by atoms with Crippen molar-refractivity contribution in [2.24, 2.45) is 0 Å². The average molecular weight is 693 g/mol. The molecule has 1 aliphatic carbocycles. The van der Waals surface area contributed by atoms with Gasteiger partial charge in [0.1, 0.15) is 0 Å². The van der Waals surface area contributed by atoms with Crippen molar-refractivity contribution in [3.8, 4) is 33.5 Å². The highest BCUT2D eigenvalue weighted by Crippen LogP contribution is 2.52. The maximum absolute atomic E-state index is 5.23. The van der Waals surface area contributed by atoms with Crippen LogP contribution in [0.15, 0.2) is 187 Å². The third kappa shape index (κ3) is 5.03. The van der Waals surface area contributed by atoms with Crippen LogP contribution in [0.4, 0.5) is 0 Å². The molecule has 0 amide bonds. The van der Waals surface area contributed by atoms with Crippen molar-refractivity contribution >= 4 is 60.7 Å². The van der Waals surface area contributed by atoms with Gasteiger partial charge in [-0.05, 0) is 84.8 Å². The molecule has 0 saturated heterocycles. The molecular weight excluding hydrogens is 661 g/mol. The molecule has 2 atom stereocenters. The predicted octanol–water partition coefficient (Wildman–Crippen LogP) is 13.3. The second kappa shape index (κ2) is 12.2. The van der Waals surface area contributed by atoms with E-state index in [-0.39, 0.29) is 0 Å². The van der Waals surface area contributed by atoms with Crippen molar-refractivity contribution in [1.82, 2.24) is 9.97 Å². The number of allylic oxidation sites excluding steroid dienone is 3. The maximum atomic E-state index is 5.23. The van der Waals surface area contributed by atoms with E-state index < -0.39 is 0 Å². The highest BCUT2D eigenvalue weighted by atomic mass is 32.2. The number of benzene rings is 8. The van der Waals surface area contributed by atoms with Crippen LogP contribution < -0.4 is 0 Å². The van der Waals surface area contributed by atoms with Crippen LogP contribution in [0.1, 0.15) is 17.0 Å². The summed E-state index contributed by atoms with van der Waals surface area (Å²) >= 11 is 2.00. The van der Waals surface area contributed by atoms with E-state index in [4.69, 9.17) is 9.97 Å². The highest BCUT2D eigenvalue weighted by molar-refractivity contribution is 8.01. The standard InChI is InChI=1S/C50H32N2S/c1-3-14-43-40(11-1)41-12-2-4-15-44(41)49-48(43)51-30-46(52-49)38-10-7-9-33(29-38)35-25-26-36-27-34(23-24-37(36)28-35)31-19-21-32(22-20-31)39-16-8-17-45-42-13-5-6-18-47(42)53-50(39)45/h1-30,39,50H. The molecule has 0 spiro atoms. The van der Waals surface area contributed by atoms with Gasteiger partial charge in [-0.25, -0.2) is 4.98 Å². The first kappa shape index (κ1) is 30.3. The van der Waals surface area contributed by atoms with Gasteiger partial charge in [-0.1, -0.05) is 152 Å². The predicted molar refractivity (Wildman–Crippen MR) is 224 cm³/mol. The first-order valence-electron chi connectivity index (χ1n) is 18.2. The molecule has 1 aliphatic heterocycles. The molecule has 2 heterocycles. The van der Waals surface area contributed by atoms with Gasteiger partial charge in [-0.2, -0.15) is 0 Å². The summed E-state index contributed by atoms with van der Waals surface area (Å²) in [6.07, 6.45) is 8.82. The van der Waals surface area contributed by atoms with Crippen molar-refractivity contribution < 1.29 is 0 Å². The fraction of sp³-hybridized carbons (Fsp3) is 0.0400. The van der Waals surface area contributed by atoms with Crippen molar-refractivity contribution in [3.05, 3.63) is 193 Å². The Labute approximate surface area is 312 Å². The van der Waals surface area contributed by atoms with Gasteiger partial charge in [0.25, 0.3) is 0 Å². The van der Waals surface area contributed by atoms with Crippen LogP contribution >= 0.6 is 11.8 Å². The lowest BCUT2D eigenvalue weighted by molar-refractivity contribution is 0.891. The van der Waals surface area contributed by atoms with Gasteiger partial charge in [0.05, 0.1) is 22.9 Å². The van der Waals surface area contributed by atoms with E-state index in [0.717, 1.165) is 38.6 Å². The molecule has 0 bridgehead atoms. The number of thioether (sulfide) groups is 1. The average Bonchev–Trinajstić information content (AvgIpc) is 3.62. The Kier molecular flexibility index (Phi) is 6.96. The number of hydrogen-bond acceptors (Lipinski definition) is 3. The van der Waals surface area contributed by atoms with Crippen molar-refractivity contribution in [2.75, 3.05) is 0 Å². The van der Waals surface area contributed by atoms with Crippen molar-refractivity contribution in [2.45, 2.75) is 16.1 Å². The Hall–Kier alpha value is -6.29. The van der Waals surface area contributed by atoms with Crippen LogP contribution in [-0.4, -0.2) is 15.2 Å². The first-order chi connectivity index (χ1) is 26.2. The molecule has 0 N–H and O–H groups in total. The zero-order valence-electron chi connectivity index (χ0n) is 28.8. The Balaban J connectivity index is 0.882. The third-order valence-corrected chi connectivity index (χ3v) is 12.5. The molecule has 0 fully saturated rings. The van der Waals surface area contributed by atoms with Crippen molar-refractivity contribution in [1.29, 1.82) is 0 Å². The maximum Gasteiger partial charge on any atom is 0.0979 e. The molecule has 0 saturated carbocycles. The molecule has 8 aromatic carbocycles. The molecule has 9 aromatic rings. The van der Waals surface area contributed by atoms with Gasteiger partial charge < -0.3 is 0 Å². The van der Waals surface area contributed by atoms with Gasteiger partial charge >= 0.3 is 0 Å². The second-order valence-electron chi connectivity index (χ2n) is 14.1. The number of fused-ring (bicyclic) bond motifs is 10. The summed E-state index contributed by atoms with van der Waals surface area (Å²) in [5, 5.41) is 7.56. The summed E-state index contributed by atoms with van der Waals surface area (Å²) in [5.74, 6) is 0.364. The molecule has 1 aromatic heterocycles. The Bertz CT molecular complexity index is 2960. The molecule has 0 radical (unpaired) electrons. The molecule has 2 nitrogen and oxygen atoms in total. The topological polar surface area (TPSA) is 25.8 Å². The largest absolute Gasteiger partial charge is 0.252 e. The van der Waals surface area contributed by atoms with Gasteiger partial charge in [0, 0.05) is 32.4 Å². The number of nitrogens with zero attached hydrogens (tertiary/aromatic N) is 2. The normalized spacial score (nSPS) is 16.3. The van der Waals surface area contributed by atoms with E-state index in [1.54, 1.807) is 0 Å². The van der Waals surface area contributed by atoms with Crippen molar-refractivity contribution in [3.63, 3.8) is 0 Å². The minimum absolute atomic E-state index is 0.364. The lowest BCUT2D eigenvalue weighted by atomic mass is 9.85. The molecule has 248 valence electrons. The van der Waals surface area contributed by atoms with E-state index in [1.807, 2.05) is 18.0 Å².